The molecule has 19 heavy (non-hydrogen) atoms. The van der Waals surface area contributed by atoms with Crippen molar-refractivity contribution in [3.05, 3.63) is 60.7 Å². The van der Waals surface area contributed by atoms with Crippen LogP contribution in [-0.2, 0) is 14.0 Å². The van der Waals surface area contributed by atoms with Gasteiger partial charge < -0.3 is 4.18 Å². The number of hydrogen-bond acceptors (Lipinski definition) is 5. The summed E-state index contributed by atoms with van der Waals surface area (Å²) >= 11 is 0.721. The summed E-state index contributed by atoms with van der Waals surface area (Å²) in [5.74, 6) is 0. The molecule has 6 heteroatoms. The molecule has 0 aliphatic carbocycles. The van der Waals surface area contributed by atoms with Crippen LogP contribution in [0.2, 0.25) is 0 Å². The van der Waals surface area contributed by atoms with E-state index in [9.17, 15) is 13.2 Å². The zero-order chi connectivity index (χ0) is 13.7. The monoisotopic (exact) mass is 294 g/mol. The summed E-state index contributed by atoms with van der Waals surface area (Å²) in [6.07, 6.45) is 0. The Bertz CT molecular complexity index is 652. The van der Waals surface area contributed by atoms with Crippen molar-refractivity contribution in [3.8, 4) is 0 Å². The zero-order valence-corrected chi connectivity index (χ0v) is 11.4. The van der Waals surface area contributed by atoms with Crippen LogP contribution < -0.4 is 0 Å². The predicted molar refractivity (Wildman–Crippen MR) is 72.4 cm³/mol. The molecule has 0 unspecified atom stereocenters. The molecule has 0 aliphatic rings. The molecule has 0 radical (unpaired) electrons. The van der Waals surface area contributed by atoms with Gasteiger partial charge >= 0.3 is 5.30 Å². The molecule has 0 N–H and O–H groups in total. The van der Waals surface area contributed by atoms with Crippen molar-refractivity contribution < 1.29 is 17.4 Å². The van der Waals surface area contributed by atoms with Gasteiger partial charge in [-0.15, -0.1) is 0 Å². The van der Waals surface area contributed by atoms with Crippen molar-refractivity contribution in [3.63, 3.8) is 0 Å². The van der Waals surface area contributed by atoms with Crippen molar-refractivity contribution in [1.29, 1.82) is 0 Å². The van der Waals surface area contributed by atoms with E-state index in [0.717, 1.165) is 12.0 Å². The standard InChI is InChI=1S/C13H10O4S2/c14-13(17-18-11-7-3-1-4-8-11)19(15,16)12-9-5-2-6-10-12/h1-10H. The average molecular weight is 294 g/mol. The molecule has 2 aromatic rings. The van der Waals surface area contributed by atoms with E-state index >= 15 is 0 Å². The van der Waals surface area contributed by atoms with Gasteiger partial charge in [-0.1, -0.05) is 36.4 Å². The normalized spacial score (nSPS) is 10.9. The summed E-state index contributed by atoms with van der Waals surface area (Å²) in [6, 6.07) is 16.2. The van der Waals surface area contributed by atoms with Gasteiger partial charge in [0.25, 0.3) is 9.84 Å². The molecule has 4 nitrogen and oxygen atoms in total. The maximum atomic E-state index is 11.9. The molecule has 0 fully saturated rings. The topological polar surface area (TPSA) is 60.4 Å². The SMILES string of the molecule is O=C(OSc1ccccc1)S(=O)(=O)c1ccccc1. The number of hydrogen-bond donors (Lipinski definition) is 0. The van der Waals surface area contributed by atoms with Gasteiger partial charge in [-0.3, -0.25) is 0 Å². The van der Waals surface area contributed by atoms with Crippen LogP contribution in [0.3, 0.4) is 0 Å². The van der Waals surface area contributed by atoms with Crippen LogP contribution in [0.5, 0.6) is 0 Å². The first-order valence-corrected chi connectivity index (χ1v) is 7.57. The first kappa shape index (κ1) is 13.6. The van der Waals surface area contributed by atoms with Crippen molar-refractivity contribution in [1.82, 2.24) is 0 Å². The highest BCUT2D eigenvalue weighted by atomic mass is 32.2. The third-order valence-corrected chi connectivity index (χ3v) is 4.44. The Morgan fingerprint density at radius 3 is 2.00 bits per heavy atom. The molecule has 0 saturated heterocycles. The highest BCUT2D eigenvalue weighted by Gasteiger charge is 2.27. The van der Waals surface area contributed by atoms with Crippen LogP contribution in [0.25, 0.3) is 0 Å². The lowest BCUT2D eigenvalue weighted by Crippen LogP contribution is -2.13. The summed E-state index contributed by atoms with van der Waals surface area (Å²) < 4.78 is 28.5. The Morgan fingerprint density at radius 2 is 1.42 bits per heavy atom. The van der Waals surface area contributed by atoms with Crippen LogP contribution in [0.1, 0.15) is 0 Å². The van der Waals surface area contributed by atoms with Crippen LogP contribution in [0, 0.1) is 0 Å². The van der Waals surface area contributed by atoms with Gasteiger partial charge in [0.05, 0.1) is 16.9 Å². The van der Waals surface area contributed by atoms with Crippen LogP contribution in [0.4, 0.5) is 4.79 Å². The maximum absolute atomic E-state index is 11.9. The van der Waals surface area contributed by atoms with Gasteiger partial charge in [0, 0.05) is 4.90 Å². The van der Waals surface area contributed by atoms with E-state index in [1.807, 2.05) is 6.07 Å². The first-order chi connectivity index (χ1) is 9.10. The fourth-order valence-electron chi connectivity index (χ4n) is 1.30. The lowest BCUT2D eigenvalue weighted by molar-refractivity contribution is 0.231. The Balaban J connectivity index is 2.08. The quantitative estimate of drug-likeness (QED) is 0.813. The first-order valence-electron chi connectivity index (χ1n) is 5.34. The van der Waals surface area contributed by atoms with Crippen molar-refractivity contribution >= 4 is 27.2 Å². The Morgan fingerprint density at radius 1 is 0.895 bits per heavy atom. The zero-order valence-electron chi connectivity index (χ0n) is 9.72. The van der Waals surface area contributed by atoms with E-state index < -0.39 is 15.1 Å². The second kappa shape index (κ2) is 5.90. The van der Waals surface area contributed by atoms with Crippen LogP contribution in [0.15, 0.2) is 70.5 Å². The molecule has 2 rings (SSSR count). The lowest BCUT2D eigenvalue weighted by Gasteiger charge is -2.03. The summed E-state index contributed by atoms with van der Waals surface area (Å²) in [7, 11) is -4.09. The van der Waals surface area contributed by atoms with Crippen molar-refractivity contribution in [2.24, 2.45) is 0 Å². The van der Waals surface area contributed by atoms with Gasteiger partial charge in [-0.25, -0.2) is 13.2 Å². The molecule has 0 aliphatic heterocycles. The number of carbonyl (C=O) groups is 1. The summed E-state index contributed by atoms with van der Waals surface area (Å²) in [5.41, 5.74) is 0. The minimum absolute atomic E-state index is 0.0753. The number of sulfone groups is 1. The number of benzene rings is 2. The van der Waals surface area contributed by atoms with Gasteiger partial charge in [0.1, 0.15) is 0 Å². The van der Waals surface area contributed by atoms with Gasteiger partial charge in [0.2, 0.25) is 0 Å². The van der Waals surface area contributed by atoms with Crippen molar-refractivity contribution in [2.75, 3.05) is 0 Å². The summed E-state index contributed by atoms with van der Waals surface area (Å²) in [5, 5.41) is -1.27. The average Bonchev–Trinajstić information content (AvgIpc) is 2.46. The molecule has 2 aromatic carbocycles. The summed E-state index contributed by atoms with van der Waals surface area (Å²) in [6.45, 7) is 0. The smallest absolute Gasteiger partial charge is 0.374 e. The highest BCUT2D eigenvalue weighted by Crippen LogP contribution is 2.22. The van der Waals surface area contributed by atoms with E-state index in [4.69, 9.17) is 4.18 Å². The largest absolute Gasteiger partial charge is 0.441 e. The van der Waals surface area contributed by atoms with Gasteiger partial charge in [-0.2, -0.15) is 0 Å². The second-order valence-electron chi connectivity index (χ2n) is 3.55. The molecule has 0 spiro atoms. The maximum Gasteiger partial charge on any atom is 0.441 e. The van der Waals surface area contributed by atoms with E-state index in [1.165, 1.54) is 12.1 Å². The van der Waals surface area contributed by atoms with Crippen LogP contribution >= 0.6 is 12.0 Å². The number of rotatable bonds is 3. The molecular weight excluding hydrogens is 284 g/mol. The molecule has 0 amide bonds. The molecule has 98 valence electrons. The highest BCUT2D eigenvalue weighted by molar-refractivity contribution is 8.07. The van der Waals surface area contributed by atoms with Crippen molar-refractivity contribution in [2.45, 2.75) is 9.79 Å². The Hall–Kier alpha value is -1.79. The predicted octanol–water partition coefficient (Wildman–Crippen LogP) is 3.30. The third-order valence-electron chi connectivity index (χ3n) is 2.22. The van der Waals surface area contributed by atoms with E-state index in [2.05, 4.69) is 0 Å². The minimum Gasteiger partial charge on any atom is -0.374 e. The van der Waals surface area contributed by atoms with E-state index in [1.54, 1.807) is 42.5 Å². The summed E-state index contributed by atoms with van der Waals surface area (Å²) in [4.78, 5) is 12.2. The fraction of sp³-hybridized carbons (Fsp3) is 0. The molecule has 0 heterocycles. The number of carbonyl (C=O) groups excluding carboxylic acids is 1. The van der Waals surface area contributed by atoms with Gasteiger partial charge in [-0.05, 0) is 24.3 Å². The minimum atomic E-state index is -4.09. The fourth-order valence-corrected chi connectivity index (χ4v) is 2.90. The third kappa shape index (κ3) is 3.36. The van der Waals surface area contributed by atoms with Crippen LogP contribution in [-0.4, -0.2) is 13.7 Å². The molecule has 0 aromatic heterocycles. The second-order valence-corrected chi connectivity index (χ2v) is 6.16. The van der Waals surface area contributed by atoms with E-state index in [0.29, 0.717) is 4.90 Å². The molecule has 0 saturated carbocycles. The molecule has 0 bridgehead atoms. The molecular formula is C13H10O4S2. The van der Waals surface area contributed by atoms with Gasteiger partial charge in [0.15, 0.2) is 0 Å². The Kier molecular flexibility index (Phi) is 4.24. The molecule has 0 atom stereocenters. The Labute approximate surface area is 115 Å². The lowest BCUT2D eigenvalue weighted by atomic mass is 10.4. The van der Waals surface area contributed by atoms with E-state index in [-0.39, 0.29) is 4.90 Å².